The van der Waals surface area contributed by atoms with Crippen LogP contribution in [-0.2, 0) is 16.1 Å². The van der Waals surface area contributed by atoms with Gasteiger partial charge in [-0.3, -0.25) is 9.78 Å². The number of hydrogen-bond donors (Lipinski definition) is 1. The number of hydrogen-bond acceptors (Lipinski definition) is 6. The molecule has 116 valence electrons. The van der Waals surface area contributed by atoms with Crippen molar-refractivity contribution in [1.29, 1.82) is 0 Å². The molecule has 1 amide bonds. The number of rotatable bonds is 4. The minimum Gasteiger partial charge on any atom is -0.450 e. The number of aromatic nitrogens is 2. The Hall–Kier alpha value is -2.09. The van der Waals surface area contributed by atoms with Gasteiger partial charge >= 0.3 is 6.09 Å². The van der Waals surface area contributed by atoms with E-state index in [1.807, 2.05) is 4.90 Å². The number of carbonyl (C=O) groups is 1. The van der Waals surface area contributed by atoms with Crippen molar-refractivity contribution in [1.82, 2.24) is 14.9 Å². The molecule has 0 atom stereocenters. The third-order valence-electron chi connectivity index (χ3n) is 3.18. The fourth-order valence-electron chi connectivity index (χ4n) is 2.18. The molecule has 8 heteroatoms. The van der Waals surface area contributed by atoms with Crippen LogP contribution in [-0.4, -0.2) is 60.9 Å². The molecule has 1 aromatic rings. The summed E-state index contributed by atoms with van der Waals surface area (Å²) in [4.78, 5) is 33.9. The van der Waals surface area contributed by atoms with E-state index in [4.69, 9.17) is 9.47 Å². The minimum absolute atomic E-state index is 0.208. The van der Waals surface area contributed by atoms with Crippen LogP contribution in [0.1, 0.15) is 12.6 Å². The SMILES string of the molecule is CCOC(=O)N1CCN(c2nc(COC)cc(=O)[nH]2)CC1. The average Bonchev–Trinajstić information content (AvgIpc) is 2.47. The second-order valence-electron chi connectivity index (χ2n) is 4.67. The maximum atomic E-state index is 11.6. The van der Waals surface area contributed by atoms with Crippen molar-refractivity contribution in [3.8, 4) is 0 Å². The third kappa shape index (κ3) is 3.94. The Bertz CT molecular complexity index is 537. The first-order valence-corrected chi connectivity index (χ1v) is 6.90. The molecule has 1 fully saturated rings. The van der Waals surface area contributed by atoms with Gasteiger partial charge in [-0.1, -0.05) is 0 Å². The smallest absolute Gasteiger partial charge is 0.409 e. The van der Waals surface area contributed by atoms with E-state index in [0.29, 0.717) is 51.0 Å². The Morgan fingerprint density at radius 2 is 2.10 bits per heavy atom. The van der Waals surface area contributed by atoms with E-state index < -0.39 is 0 Å². The van der Waals surface area contributed by atoms with Crippen LogP contribution in [0.5, 0.6) is 0 Å². The van der Waals surface area contributed by atoms with Crippen molar-refractivity contribution in [3.05, 3.63) is 22.1 Å². The van der Waals surface area contributed by atoms with E-state index in [9.17, 15) is 9.59 Å². The fourth-order valence-corrected chi connectivity index (χ4v) is 2.18. The van der Waals surface area contributed by atoms with Gasteiger partial charge in [0.2, 0.25) is 5.95 Å². The van der Waals surface area contributed by atoms with E-state index in [-0.39, 0.29) is 11.7 Å². The van der Waals surface area contributed by atoms with Crippen LogP contribution in [0.3, 0.4) is 0 Å². The predicted octanol–water partition coefficient (Wildman–Crippen LogP) is 0.195. The van der Waals surface area contributed by atoms with Crippen molar-refractivity contribution in [2.45, 2.75) is 13.5 Å². The highest BCUT2D eigenvalue weighted by molar-refractivity contribution is 5.68. The summed E-state index contributed by atoms with van der Waals surface area (Å²) >= 11 is 0. The number of methoxy groups -OCH3 is 1. The molecular weight excluding hydrogens is 276 g/mol. The molecule has 0 bridgehead atoms. The first-order valence-electron chi connectivity index (χ1n) is 6.90. The highest BCUT2D eigenvalue weighted by Crippen LogP contribution is 2.11. The lowest BCUT2D eigenvalue weighted by atomic mass is 10.3. The number of nitrogens with zero attached hydrogens (tertiary/aromatic N) is 3. The molecule has 0 radical (unpaired) electrons. The Morgan fingerprint density at radius 3 is 2.71 bits per heavy atom. The Labute approximate surface area is 122 Å². The lowest BCUT2D eigenvalue weighted by Gasteiger charge is -2.34. The summed E-state index contributed by atoms with van der Waals surface area (Å²) in [5.41, 5.74) is 0.379. The van der Waals surface area contributed by atoms with Crippen LogP contribution in [0.15, 0.2) is 10.9 Å². The third-order valence-corrected chi connectivity index (χ3v) is 3.18. The Morgan fingerprint density at radius 1 is 1.38 bits per heavy atom. The molecule has 21 heavy (non-hydrogen) atoms. The second-order valence-corrected chi connectivity index (χ2v) is 4.67. The van der Waals surface area contributed by atoms with E-state index >= 15 is 0 Å². The zero-order chi connectivity index (χ0) is 15.2. The van der Waals surface area contributed by atoms with Gasteiger partial charge in [0, 0.05) is 39.4 Å². The van der Waals surface area contributed by atoms with Crippen LogP contribution in [0.4, 0.5) is 10.7 Å². The molecule has 0 unspecified atom stereocenters. The molecule has 2 heterocycles. The zero-order valence-corrected chi connectivity index (χ0v) is 12.3. The van der Waals surface area contributed by atoms with Crippen LogP contribution in [0.25, 0.3) is 0 Å². The number of ether oxygens (including phenoxy) is 2. The number of carbonyl (C=O) groups excluding carboxylic acids is 1. The van der Waals surface area contributed by atoms with Gasteiger partial charge in [0.1, 0.15) is 0 Å². The molecule has 0 saturated carbocycles. The number of piperazine rings is 1. The summed E-state index contributed by atoms with van der Waals surface area (Å²) < 4.78 is 9.97. The maximum absolute atomic E-state index is 11.6. The summed E-state index contributed by atoms with van der Waals surface area (Å²) in [7, 11) is 1.56. The quantitative estimate of drug-likeness (QED) is 0.853. The normalized spacial score (nSPS) is 15.1. The molecule has 0 aliphatic carbocycles. The van der Waals surface area contributed by atoms with E-state index in [0.717, 1.165) is 0 Å². The van der Waals surface area contributed by atoms with Gasteiger partial charge in [-0.25, -0.2) is 9.78 Å². The van der Waals surface area contributed by atoms with Crippen LogP contribution < -0.4 is 10.5 Å². The van der Waals surface area contributed by atoms with Gasteiger partial charge in [0.15, 0.2) is 0 Å². The van der Waals surface area contributed by atoms with E-state index in [2.05, 4.69) is 9.97 Å². The van der Waals surface area contributed by atoms with Crippen molar-refractivity contribution < 1.29 is 14.3 Å². The van der Waals surface area contributed by atoms with Crippen molar-refractivity contribution in [3.63, 3.8) is 0 Å². The van der Waals surface area contributed by atoms with E-state index in [1.165, 1.54) is 6.07 Å². The Kier molecular flexibility index (Phi) is 5.15. The van der Waals surface area contributed by atoms with Gasteiger partial charge in [-0.05, 0) is 6.92 Å². The van der Waals surface area contributed by atoms with Crippen LogP contribution in [0, 0.1) is 0 Å². The molecule has 0 aromatic carbocycles. The molecule has 8 nitrogen and oxygen atoms in total. The van der Waals surface area contributed by atoms with Crippen LogP contribution >= 0.6 is 0 Å². The van der Waals surface area contributed by atoms with E-state index in [1.54, 1.807) is 18.9 Å². The lowest BCUT2D eigenvalue weighted by molar-refractivity contribution is 0.105. The van der Waals surface area contributed by atoms with Gasteiger partial charge in [0.25, 0.3) is 5.56 Å². The molecule has 2 rings (SSSR count). The predicted molar refractivity (Wildman–Crippen MR) is 76.4 cm³/mol. The first-order chi connectivity index (χ1) is 10.1. The topological polar surface area (TPSA) is 87.8 Å². The number of amides is 1. The molecular formula is C13H20N4O4. The number of nitrogens with one attached hydrogen (secondary N) is 1. The number of aromatic amines is 1. The Balaban J connectivity index is 2.02. The molecule has 1 aliphatic heterocycles. The molecule has 1 aromatic heterocycles. The monoisotopic (exact) mass is 296 g/mol. The highest BCUT2D eigenvalue weighted by atomic mass is 16.6. The van der Waals surface area contributed by atoms with Gasteiger partial charge in [-0.15, -0.1) is 0 Å². The zero-order valence-electron chi connectivity index (χ0n) is 12.3. The number of H-pyrrole nitrogens is 1. The maximum Gasteiger partial charge on any atom is 0.409 e. The van der Waals surface area contributed by atoms with Crippen molar-refractivity contribution in [2.24, 2.45) is 0 Å². The van der Waals surface area contributed by atoms with Gasteiger partial charge < -0.3 is 19.3 Å². The summed E-state index contributed by atoms with van der Waals surface area (Å²) in [6, 6.07) is 1.42. The average molecular weight is 296 g/mol. The largest absolute Gasteiger partial charge is 0.450 e. The van der Waals surface area contributed by atoms with Gasteiger partial charge in [-0.2, -0.15) is 0 Å². The standard InChI is InChI=1S/C13H20N4O4/c1-3-21-13(19)17-6-4-16(5-7-17)12-14-10(9-20-2)8-11(18)15-12/h8H,3-7,9H2,1-2H3,(H,14,15,18). The molecule has 1 aliphatic rings. The van der Waals surface area contributed by atoms with Crippen molar-refractivity contribution in [2.75, 3.05) is 44.8 Å². The molecule has 1 saturated heterocycles. The first kappa shape index (κ1) is 15.3. The summed E-state index contributed by atoms with van der Waals surface area (Å²) in [5.74, 6) is 0.512. The second kappa shape index (κ2) is 7.07. The van der Waals surface area contributed by atoms with Gasteiger partial charge in [0.05, 0.1) is 18.9 Å². The number of anilines is 1. The molecule has 1 N–H and O–H groups in total. The summed E-state index contributed by atoms with van der Waals surface area (Å²) in [5, 5.41) is 0. The minimum atomic E-state index is -0.299. The summed E-state index contributed by atoms with van der Waals surface area (Å²) in [6.45, 7) is 4.71. The molecule has 0 spiro atoms. The lowest BCUT2D eigenvalue weighted by Crippen LogP contribution is -2.49. The van der Waals surface area contributed by atoms with Crippen molar-refractivity contribution >= 4 is 12.0 Å². The summed E-state index contributed by atoms with van der Waals surface area (Å²) in [6.07, 6.45) is -0.299. The fraction of sp³-hybridized carbons (Fsp3) is 0.615. The van der Waals surface area contributed by atoms with Crippen LogP contribution in [0.2, 0.25) is 0 Å². The highest BCUT2D eigenvalue weighted by Gasteiger charge is 2.23.